The van der Waals surface area contributed by atoms with Crippen LogP contribution in [-0.4, -0.2) is 36.5 Å². The Hall–Kier alpha value is -1.40. The van der Waals surface area contributed by atoms with Crippen molar-refractivity contribution in [3.05, 3.63) is 16.0 Å². The van der Waals surface area contributed by atoms with Crippen molar-refractivity contribution in [3.63, 3.8) is 0 Å². The van der Waals surface area contributed by atoms with Gasteiger partial charge in [0.1, 0.15) is 5.00 Å². The van der Waals surface area contributed by atoms with Gasteiger partial charge in [-0.25, -0.2) is 4.79 Å². The number of nitrogens with one attached hydrogen (secondary N) is 1. The summed E-state index contributed by atoms with van der Waals surface area (Å²) in [4.78, 5) is 29.4. The van der Waals surface area contributed by atoms with E-state index in [1.165, 1.54) is 4.88 Å². The van der Waals surface area contributed by atoms with Crippen molar-refractivity contribution in [3.8, 4) is 0 Å². The zero-order chi connectivity index (χ0) is 21.6. The second-order valence-electron chi connectivity index (χ2n) is 9.79. The van der Waals surface area contributed by atoms with Gasteiger partial charge in [-0.05, 0) is 35.7 Å². The summed E-state index contributed by atoms with van der Waals surface area (Å²) in [6, 6.07) is 0. The van der Waals surface area contributed by atoms with E-state index < -0.39 is 0 Å². The molecule has 1 atom stereocenters. The Kier molecular flexibility index (Phi) is 6.17. The summed E-state index contributed by atoms with van der Waals surface area (Å²) in [6.45, 7) is 18.0. The highest BCUT2D eigenvalue weighted by molar-refractivity contribution is 7.17. The van der Waals surface area contributed by atoms with Crippen molar-refractivity contribution in [1.29, 1.82) is 0 Å². The summed E-state index contributed by atoms with van der Waals surface area (Å²) >= 11 is 1.55. The quantitative estimate of drug-likeness (QED) is 0.634. The smallest absolute Gasteiger partial charge is 0.341 e. The summed E-state index contributed by atoms with van der Waals surface area (Å²) in [5.41, 5.74) is 1.58. The van der Waals surface area contributed by atoms with Crippen LogP contribution in [0.4, 0.5) is 5.00 Å². The first kappa shape index (κ1) is 22.3. The molecule has 1 N–H and O–H groups in total. The molecule has 1 aliphatic heterocycles. The van der Waals surface area contributed by atoms with Crippen LogP contribution in [0.15, 0.2) is 0 Å². The van der Waals surface area contributed by atoms with Gasteiger partial charge in [0.05, 0.1) is 12.2 Å². The van der Waals surface area contributed by atoms with Crippen molar-refractivity contribution < 1.29 is 14.3 Å². The largest absolute Gasteiger partial charge is 0.462 e. The lowest BCUT2D eigenvalue weighted by Gasteiger charge is -2.29. The standard InChI is InChI=1S/C23H36N2O3S/c1-8-14(3)12-25-11-10-15-16(13-25)29-20(17(15)21(27)28-9-2)24-19(26)18-22(4,5)23(18,6)7/h14,18H,8-13H2,1-7H3,(H,24,26). The number of thiophene rings is 1. The summed E-state index contributed by atoms with van der Waals surface area (Å²) in [7, 11) is 0. The van der Waals surface area contributed by atoms with Gasteiger partial charge in [0.25, 0.3) is 0 Å². The number of hydrogen-bond acceptors (Lipinski definition) is 5. The lowest BCUT2D eigenvalue weighted by Crippen LogP contribution is -2.33. The number of rotatable bonds is 7. The van der Waals surface area contributed by atoms with Gasteiger partial charge in [-0.2, -0.15) is 0 Å². The monoisotopic (exact) mass is 420 g/mol. The first-order valence-corrected chi connectivity index (χ1v) is 11.7. The van der Waals surface area contributed by atoms with Crippen molar-refractivity contribution in [2.24, 2.45) is 22.7 Å². The van der Waals surface area contributed by atoms with Gasteiger partial charge in [-0.3, -0.25) is 9.69 Å². The first-order chi connectivity index (χ1) is 13.5. The number of carbonyl (C=O) groups excluding carboxylic acids is 2. The lowest BCUT2D eigenvalue weighted by atomic mass is 10.0. The molecule has 1 fully saturated rings. The SMILES string of the molecule is CCOC(=O)c1c(NC(=O)C2C(C)(C)C2(C)C)sc2c1CCN(CC(C)CC)C2. The summed E-state index contributed by atoms with van der Waals surface area (Å²) < 4.78 is 5.34. The summed E-state index contributed by atoms with van der Waals surface area (Å²) in [6.07, 6.45) is 1.99. The van der Waals surface area contributed by atoms with Crippen LogP contribution in [0.3, 0.4) is 0 Å². The predicted molar refractivity (Wildman–Crippen MR) is 118 cm³/mol. The summed E-state index contributed by atoms with van der Waals surface area (Å²) in [5, 5.41) is 3.78. The molecule has 0 aromatic carbocycles. The third kappa shape index (κ3) is 3.98. The normalized spacial score (nSPS) is 21.3. The Morgan fingerprint density at radius 3 is 2.45 bits per heavy atom. The molecular weight excluding hydrogens is 384 g/mol. The van der Waals surface area contributed by atoms with Crippen LogP contribution in [0.25, 0.3) is 0 Å². The van der Waals surface area contributed by atoms with Crippen molar-refractivity contribution in [2.75, 3.05) is 25.0 Å². The molecule has 5 nitrogen and oxygen atoms in total. The average Bonchev–Trinajstić information content (AvgIpc) is 2.88. The number of esters is 1. The molecule has 1 aliphatic carbocycles. The van der Waals surface area contributed by atoms with Crippen LogP contribution >= 0.6 is 11.3 Å². The molecule has 0 bridgehead atoms. The number of nitrogens with zero attached hydrogens (tertiary/aromatic N) is 1. The van der Waals surface area contributed by atoms with Gasteiger partial charge in [-0.15, -0.1) is 11.3 Å². The van der Waals surface area contributed by atoms with E-state index in [0.29, 0.717) is 23.1 Å². The Morgan fingerprint density at radius 1 is 1.24 bits per heavy atom. The van der Waals surface area contributed by atoms with Crippen molar-refractivity contribution in [1.82, 2.24) is 4.90 Å². The molecule has 29 heavy (non-hydrogen) atoms. The van der Waals surface area contributed by atoms with Crippen LogP contribution in [0.2, 0.25) is 0 Å². The van der Waals surface area contributed by atoms with Gasteiger partial charge in [0.2, 0.25) is 5.91 Å². The lowest BCUT2D eigenvalue weighted by molar-refractivity contribution is -0.118. The highest BCUT2D eigenvalue weighted by Crippen LogP contribution is 2.68. The maximum absolute atomic E-state index is 13.0. The molecule has 1 amide bonds. The fourth-order valence-corrected chi connectivity index (χ4v) is 6.01. The minimum atomic E-state index is -0.315. The molecule has 0 saturated heterocycles. The van der Waals surface area contributed by atoms with Crippen LogP contribution in [0, 0.1) is 22.7 Å². The molecule has 0 radical (unpaired) electrons. The van der Waals surface area contributed by atoms with Gasteiger partial charge in [-0.1, -0.05) is 48.0 Å². The Labute approximate surface area is 179 Å². The van der Waals surface area contributed by atoms with Gasteiger partial charge < -0.3 is 10.1 Å². The van der Waals surface area contributed by atoms with E-state index in [2.05, 4.69) is 51.8 Å². The van der Waals surface area contributed by atoms with Gasteiger partial charge in [0, 0.05) is 30.4 Å². The third-order valence-corrected chi connectivity index (χ3v) is 8.53. The van der Waals surface area contributed by atoms with E-state index in [1.54, 1.807) is 11.3 Å². The molecule has 0 spiro atoms. The Balaban J connectivity index is 1.85. The van der Waals surface area contributed by atoms with E-state index in [4.69, 9.17) is 4.74 Å². The van der Waals surface area contributed by atoms with E-state index in [-0.39, 0.29) is 28.6 Å². The van der Waals surface area contributed by atoms with Crippen LogP contribution in [0.5, 0.6) is 0 Å². The minimum absolute atomic E-state index is 0.0145. The molecule has 3 rings (SSSR count). The second kappa shape index (κ2) is 8.03. The number of hydrogen-bond donors (Lipinski definition) is 1. The number of anilines is 1. The fraction of sp³-hybridized carbons (Fsp3) is 0.739. The number of fused-ring (bicyclic) bond motifs is 1. The van der Waals surface area contributed by atoms with E-state index in [0.717, 1.165) is 38.0 Å². The molecular formula is C23H36N2O3S. The average molecular weight is 421 g/mol. The molecule has 1 saturated carbocycles. The zero-order valence-corrected chi connectivity index (χ0v) is 19.8. The van der Waals surface area contributed by atoms with Crippen LogP contribution in [-0.2, 0) is 22.5 Å². The first-order valence-electron chi connectivity index (χ1n) is 10.9. The number of amides is 1. The maximum Gasteiger partial charge on any atom is 0.341 e. The zero-order valence-electron chi connectivity index (χ0n) is 19.0. The molecule has 1 aromatic rings. The van der Waals surface area contributed by atoms with Crippen molar-refractivity contribution in [2.45, 2.75) is 67.9 Å². The van der Waals surface area contributed by atoms with E-state index in [9.17, 15) is 9.59 Å². The Bertz CT molecular complexity index is 782. The molecule has 1 aromatic heterocycles. The number of ether oxygens (including phenoxy) is 1. The van der Waals surface area contributed by atoms with Crippen LogP contribution < -0.4 is 5.32 Å². The Morgan fingerprint density at radius 2 is 1.90 bits per heavy atom. The highest BCUT2D eigenvalue weighted by atomic mass is 32.1. The van der Waals surface area contributed by atoms with Crippen LogP contribution in [0.1, 0.15) is 75.7 Å². The van der Waals surface area contributed by atoms with Gasteiger partial charge in [0.15, 0.2) is 0 Å². The third-order valence-electron chi connectivity index (χ3n) is 7.40. The van der Waals surface area contributed by atoms with Gasteiger partial charge >= 0.3 is 5.97 Å². The second-order valence-corrected chi connectivity index (χ2v) is 10.9. The van der Waals surface area contributed by atoms with E-state index >= 15 is 0 Å². The predicted octanol–water partition coefficient (Wildman–Crippen LogP) is 4.95. The number of carbonyl (C=O) groups is 2. The molecule has 1 unspecified atom stereocenters. The van der Waals surface area contributed by atoms with Crippen molar-refractivity contribution >= 4 is 28.2 Å². The van der Waals surface area contributed by atoms with E-state index in [1.807, 2.05) is 6.92 Å². The molecule has 2 heterocycles. The molecule has 6 heteroatoms. The maximum atomic E-state index is 13.0. The highest BCUT2D eigenvalue weighted by Gasteiger charge is 2.68. The molecule has 2 aliphatic rings. The molecule has 162 valence electrons. The topological polar surface area (TPSA) is 58.6 Å². The fourth-order valence-electron chi connectivity index (χ4n) is 4.73. The minimum Gasteiger partial charge on any atom is -0.462 e. The summed E-state index contributed by atoms with van der Waals surface area (Å²) in [5.74, 6) is 0.302.